The van der Waals surface area contributed by atoms with Gasteiger partial charge in [-0.25, -0.2) is 0 Å². The van der Waals surface area contributed by atoms with Crippen LogP contribution in [0.25, 0.3) is 66.7 Å². The van der Waals surface area contributed by atoms with Gasteiger partial charge in [0.25, 0.3) is 0 Å². The van der Waals surface area contributed by atoms with E-state index in [2.05, 4.69) is 174 Å². The first kappa shape index (κ1) is 30.9. The van der Waals surface area contributed by atoms with Crippen LogP contribution in [-0.4, -0.2) is 0 Å². The van der Waals surface area contributed by atoms with Crippen molar-refractivity contribution in [2.45, 2.75) is 65.2 Å². The average Bonchev–Trinajstić information content (AvgIpc) is 3.53. The quantitative estimate of drug-likeness (QED) is 0.168. The molecule has 0 fully saturated rings. The minimum Gasteiger partial charge on any atom is -0.310 e. The Morgan fingerprint density at radius 3 is 1.62 bits per heavy atom. The van der Waals surface area contributed by atoms with Gasteiger partial charge in [-0.05, 0) is 157 Å². The predicted molar refractivity (Wildman–Crippen MR) is 227 cm³/mol. The van der Waals surface area contributed by atoms with Crippen LogP contribution in [0.4, 0.5) is 17.1 Å². The molecule has 0 heterocycles. The summed E-state index contributed by atoms with van der Waals surface area (Å²) in [5.74, 6) is 0. The Labute approximate surface area is 311 Å². The topological polar surface area (TPSA) is 3.24 Å². The van der Waals surface area contributed by atoms with Crippen molar-refractivity contribution in [1.82, 2.24) is 0 Å². The standard InChI is InChI=1S/C52H43N/c1-30-14-21-35(22-15-30)53(36-23-16-31(2)17-24-36)46-29-45-49(38-13-8-7-12-37(38)46)40-27-43-41(28-42(40)52(45,5)6)50-39-25-20-33-11-9-10-32-18-19-34(48(39)47(32)33)26-44(50)51(43,3)4/h9-29H,7-8H2,1-6H3. The molecule has 0 N–H and O–H groups in total. The van der Waals surface area contributed by atoms with E-state index in [9.17, 15) is 0 Å². The lowest BCUT2D eigenvalue weighted by molar-refractivity contribution is 0.652. The highest BCUT2D eigenvalue weighted by Crippen LogP contribution is 2.58. The molecule has 1 nitrogen and oxygen atoms in total. The summed E-state index contributed by atoms with van der Waals surface area (Å²) in [6.45, 7) is 14.2. The minimum absolute atomic E-state index is 0.124. The van der Waals surface area contributed by atoms with Crippen LogP contribution in [0.3, 0.4) is 0 Å². The van der Waals surface area contributed by atoms with Crippen LogP contribution in [0.5, 0.6) is 0 Å². The van der Waals surface area contributed by atoms with E-state index in [1.807, 2.05) is 0 Å². The van der Waals surface area contributed by atoms with Crippen molar-refractivity contribution in [3.63, 3.8) is 0 Å². The van der Waals surface area contributed by atoms with Gasteiger partial charge in [0.1, 0.15) is 0 Å². The highest BCUT2D eigenvalue weighted by molar-refractivity contribution is 6.26. The number of rotatable bonds is 3. The maximum Gasteiger partial charge on any atom is 0.0540 e. The maximum atomic E-state index is 2.60. The molecular formula is C52H43N. The third-order valence-corrected chi connectivity index (χ3v) is 13.1. The number of hydrogen-bond acceptors (Lipinski definition) is 1. The third-order valence-electron chi connectivity index (χ3n) is 13.1. The number of fused-ring (bicyclic) bond motifs is 9. The van der Waals surface area contributed by atoms with Crippen LogP contribution in [0.2, 0.25) is 0 Å². The van der Waals surface area contributed by atoms with E-state index in [0.717, 1.165) is 12.8 Å². The summed E-state index contributed by atoms with van der Waals surface area (Å²) in [7, 11) is 0. The smallest absolute Gasteiger partial charge is 0.0540 e. The highest BCUT2D eigenvalue weighted by Gasteiger charge is 2.43. The monoisotopic (exact) mass is 681 g/mol. The van der Waals surface area contributed by atoms with E-state index in [1.165, 1.54) is 115 Å². The largest absolute Gasteiger partial charge is 0.310 e. The molecule has 0 amide bonds. The van der Waals surface area contributed by atoms with Gasteiger partial charge in [0.15, 0.2) is 0 Å². The van der Waals surface area contributed by atoms with Crippen molar-refractivity contribution in [2.24, 2.45) is 0 Å². The molecule has 1 heteroatoms. The lowest BCUT2D eigenvalue weighted by Gasteiger charge is -2.30. The second-order valence-electron chi connectivity index (χ2n) is 17.0. The molecule has 8 aromatic carbocycles. The van der Waals surface area contributed by atoms with Crippen LogP contribution in [-0.2, 0) is 10.8 Å². The first-order valence-corrected chi connectivity index (χ1v) is 19.3. The van der Waals surface area contributed by atoms with Crippen molar-refractivity contribution in [1.29, 1.82) is 0 Å². The molecule has 3 aliphatic carbocycles. The first-order valence-electron chi connectivity index (χ1n) is 19.3. The predicted octanol–water partition coefficient (Wildman–Crippen LogP) is 12.6. The molecule has 11 rings (SSSR count). The van der Waals surface area contributed by atoms with E-state index >= 15 is 0 Å². The van der Waals surface area contributed by atoms with E-state index in [0.29, 0.717) is 0 Å². The fourth-order valence-corrected chi connectivity index (χ4v) is 10.3. The Hall–Kier alpha value is -5.66. The van der Waals surface area contributed by atoms with Crippen molar-refractivity contribution in [2.75, 3.05) is 4.90 Å². The summed E-state index contributed by atoms with van der Waals surface area (Å²) >= 11 is 0. The van der Waals surface area contributed by atoms with Crippen LogP contribution in [0.1, 0.15) is 73.9 Å². The summed E-state index contributed by atoms with van der Waals surface area (Å²) < 4.78 is 0. The van der Waals surface area contributed by atoms with E-state index < -0.39 is 0 Å². The number of nitrogens with zero attached hydrogens (tertiary/aromatic N) is 1. The molecule has 0 atom stereocenters. The molecule has 0 spiro atoms. The van der Waals surface area contributed by atoms with Gasteiger partial charge in [-0.15, -0.1) is 0 Å². The molecule has 0 aromatic heterocycles. The Morgan fingerprint density at radius 1 is 0.472 bits per heavy atom. The molecule has 0 radical (unpaired) electrons. The zero-order valence-corrected chi connectivity index (χ0v) is 31.5. The van der Waals surface area contributed by atoms with Gasteiger partial charge in [0, 0.05) is 27.4 Å². The van der Waals surface area contributed by atoms with Crippen LogP contribution in [0.15, 0.2) is 115 Å². The van der Waals surface area contributed by atoms with E-state index in [-0.39, 0.29) is 10.8 Å². The molecule has 8 aromatic rings. The number of aryl methyl sites for hydroxylation is 2. The lowest BCUT2D eigenvalue weighted by atomic mass is 9.79. The first-order chi connectivity index (χ1) is 25.6. The van der Waals surface area contributed by atoms with Crippen molar-refractivity contribution in [3.8, 4) is 22.3 Å². The second kappa shape index (κ2) is 10.5. The molecule has 0 saturated heterocycles. The fraction of sp³-hybridized carbons (Fsp3) is 0.192. The third kappa shape index (κ3) is 4.09. The average molecular weight is 682 g/mol. The summed E-state index contributed by atoms with van der Waals surface area (Å²) in [5, 5.41) is 10.9. The SMILES string of the molecule is Cc1ccc(N(c2ccc(C)cc2)c2cc3c(c4c2=CCCC=4)-c2cc4c(cc2C3(C)C)-c2c(cc3ccc5cccc6ccc2c3c56)C4(C)C)cc1. The molecule has 3 aliphatic rings. The van der Waals surface area contributed by atoms with Crippen molar-refractivity contribution in [3.05, 3.63) is 159 Å². The fourth-order valence-electron chi connectivity index (χ4n) is 10.3. The highest BCUT2D eigenvalue weighted by atomic mass is 15.1. The lowest BCUT2D eigenvalue weighted by Crippen LogP contribution is -2.35. The summed E-state index contributed by atoms with van der Waals surface area (Å²) in [6.07, 6.45) is 7.15. The van der Waals surface area contributed by atoms with Crippen LogP contribution < -0.4 is 15.3 Å². The Morgan fingerprint density at radius 2 is 1.00 bits per heavy atom. The molecule has 256 valence electrons. The van der Waals surface area contributed by atoms with Crippen LogP contribution >= 0.6 is 0 Å². The number of hydrogen-bond donors (Lipinski definition) is 0. The molecule has 0 bridgehead atoms. The molecular weight excluding hydrogens is 639 g/mol. The van der Waals surface area contributed by atoms with E-state index in [1.54, 1.807) is 0 Å². The normalized spacial score (nSPS) is 15.8. The summed E-state index contributed by atoms with van der Waals surface area (Å²) in [5.41, 5.74) is 17.3. The van der Waals surface area contributed by atoms with Crippen LogP contribution in [0, 0.1) is 13.8 Å². The number of anilines is 3. The maximum absolute atomic E-state index is 2.60. The minimum atomic E-state index is -0.183. The molecule has 53 heavy (non-hydrogen) atoms. The zero-order valence-electron chi connectivity index (χ0n) is 31.5. The van der Waals surface area contributed by atoms with Crippen molar-refractivity contribution < 1.29 is 0 Å². The van der Waals surface area contributed by atoms with Gasteiger partial charge in [-0.1, -0.05) is 118 Å². The summed E-state index contributed by atoms with van der Waals surface area (Å²) in [6, 6.07) is 44.4. The Balaban J connectivity index is 1.18. The van der Waals surface area contributed by atoms with Crippen molar-refractivity contribution >= 4 is 61.5 Å². The van der Waals surface area contributed by atoms with E-state index in [4.69, 9.17) is 0 Å². The Bertz CT molecular complexity index is 2930. The van der Waals surface area contributed by atoms with Gasteiger partial charge >= 0.3 is 0 Å². The zero-order chi connectivity index (χ0) is 36.0. The Kier molecular flexibility index (Phi) is 6.11. The summed E-state index contributed by atoms with van der Waals surface area (Å²) in [4.78, 5) is 2.49. The molecule has 0 saturated carbocycles. The van der Waals surface area contributed by atoms with Gasteiger partial charge < -0.3 is 4.90 Å². The second-order valence-corrected chi connectivity index (χ2v) is 17.0. The van der Waals surface area contributed by atoms with Gasteiger partial charge in [0.2, 0.25) is 0 Å². The molecule has 0 aliphatic heterocycles. The van der Waals surface area contributed by atoms with Gasteiger partial charge in [-0.2, -0.15) is 0 Å². The van der Waals surface area contributed by atoms with Gasteiger partial charge in [-0.3, -0.25) is 0 Å². The van der Waals surface area contributed by atoms with Gasteiger partial charge in [0.05, 0.1) is 5.69 Å². The number of benzene rings is 8. The molecule has 0 unspecified atom stereocenters.